The molecule has 0 saturated carbocycles. The molecule has 1 aliphatic heterocycles. The van der Waals surface area contributed by atoms with Gasteiger partial charge >= 0.3 is 0 Å². The molecule has 17 heavy (non-hydrogen) atoms. The Balaban J connectivity index is 2.19. The number of halogens is 1. The van der Waals surface area contributed by atoms with Gasteiger partial charge in [-0.2, -0.15) is 0 Å². The van der Waals surface area contributed by atoms with Crippen LogP contribution in [0.3, 0.4) is 0 Å². The number of carbonyl (C=O) groups excluding carboxylic acids is 1. The third-order valence-corrected chi connectivity index (χ3v) is 3.53. The molecular formula is C11H12BrN3OS. The zero-order chi connectivity index (χ0) is 12.4. The maximum Gasteiger partial charge on any atom is 0.273 e. The summed E-state index contributed by atoms with van der Waals surface area (Å²) >= 11 is 8.26. The van der Waals surface area contributed by atoms with Crippen molar-refractivity contribution in [3.8, 4) is 0 Å². The van der Waals surface area contributed by atoms with Gasteiger partial charge in [-0.1, -0.05) is 12.2 Å². The first kappa shape index (κ1) is 12.4. The van der Waals surface area contributed by atoms with Crippen molar-refractivity contribution in [3.05, 3.63) is 28.5 Å². The van der Waals surface area contributed by atoms with Crippen LogP contribution in [0.15, 0.2) is 22.8 Å². The maximum atomic E-state index is 12.2. The van der Waals surface area contributed by atoms with Crippen LogP contribution in [0.1, 0.15) is 23.3 Å². The summed E-state index contributed by atoms with van der Waals surface area (Å²) in [7, 11) is 0. The van der Waals surface area contributed by atoms with Gasteiger partial charge in [-0.3, -0.25) is 4.79 Å². The molecule has 1 unspecified atom stereocenters. The maximum absolute atomic E-state index is 12.2. The molecule has 4 nitrogen and oxygen atoms in total. The summed E-state index contributed by atoms with van der Waals surface area (Å²) in [6.45, 7) is 0.693. The van der Waals surface area contributed by atoms with Gasteiger partial charge in [0.15, 0.2) is 0 Å². The Morgan fingerprint density at radius 1 is 1.59 bits per heavy atom. The normalized spacial score (nSPS) is 19.4. The van der Waals surface area contributed by atoms with Gasteiger partial charge in [0.05, 0.1) is 11.0 Å². The summed E-state index contributed by atoms with van der Waals surface area (Å²) < 4.78 is 0.848. The van der Waals surface area contributed by atoms with Gasteiger partial charge in [0.25, 0.3) is 5.91 Å². The van der Waals surface area contributed by atoms with Crippen LogP contribution in [-0.2, 0) is 0 Å². The Labute approximate surface area is 113 Å². The molecule has 2 N–H and O–H groups in total. The van der Waals surface area contributed by atoms with Crippen LogP contribution in [0.25, 0.3) is 0 Å². The number of hydrogen-bond acceptors (Lipinski definition) is 3. The first-order valence-electron chi connectivity index (χ1n) is 5.31. The lowest BCUT2D eigenvalue weighted by atomic mass is 10.2. The van der Waals surface area contributed by atoms with Crippen molar-refractivity contribution >= 4 is 39.0 Å². The predicted molar refractivity (Wildman–Crippen MR) is 72.8 cm³/mol. The first-order valence-corrected chi connectivity index (χ1v) is 6.51. The van der Waals surface area contributed by atoms with E-state index in [1.54, 1.807) is 23.2 Å². The fourth-order valence-corrected chi connectivity index (χ4v) is 2.43. The minimum absolute atomic E-state index is 0.104. The average Bonchev–Trinajstić information content (AvgIpc) is 2.78. The molecule has 2 heterocycles. The first-order chi connectivity index (χ1) is 8.09. The van der Waals surface area contributed by atoms with E-state index in [0.717, 1.165) is 17.3 Å². The van der Waals surface area contributed by atoms with Gasteiger partial charge in [-0.05, 0) is 40.9 Å². The van der Waals surface area contributed by atoms with E-state index in [4.69, 9.17) is 18.0 Å². The number of likely N-dealkylation sites (tertiary alicyclic amines) is 1. The molecule has 1 fully saturated rings. The number of aromatic nitrogens is 1. The lowest BCUT2D eigenvalue weighted by Crippen LogP contribution is -2.43. The van der Waals surface area contributed by atoms with E-state index in [0.29, 0.717) is 17.2 Å². The monoisotopic (exact) mass is 313 g/mol. The number of amides is 1. The van der Waals surface area contributed by atoms with Crippen molar-refractivity contribution in [1.82, 2.24) is 9.88 Å². The van der Waals surface area contributed by atoms with Gasteiger partial charge in [-0.15, -0.1) is 0 Å². The lowest BCUT2D eigenvalue weighted by Gasteiger charge is -2.23. The van der Waals surface area contributed by atoms with Gasteiger partial charge in [0.2, 0.25) is 0 Å². The number of nitrogens with zero attached hydrogens (tertiary/aromatic N) is 2. The van der Waals surface area contributed by atoms with Crippen LogP contribution >= 0.6 is 28.1 Å². The van der Waals surface area contributed by atoms with Gasteiger partial charge in [0.1, 0.15) is 5.69 Å². The largest absolute Gasteiger partial charge is 0.392 e. The molecule has 1 aromatic rings. The Bertz CT molecular complexity index is 449. The molecule has 0 aromatic carbocycles. The van der Waals surface area contributed by atoms with Crippen LogP contribution in [0.5, 0.6) is 0 Å². The minimum atomic E-state index is -0.122. The number of pyridine rings is 1. The molecule has 90 valence electrons. The highest BCUT2D eigenvalue weighted by Gasteiger charge is 2.31. The third-order valence-electron chi connectivity index (χ3n) is 2.79. The van der Waals surface area contributed by atoms with Crippen molar-refractivity contribution < 1.29 is 4.79 Å². The summed E-state index contributed by atoms with van der Waals surface area (Å²) in [5.41, 5.74) is 6.06. The third kappa shape index (κ3) is 2.63. The van der Waals surface area contributed by atoms with Crippen molar-refractivity contribution in [3.63, 3.8) is 0 Å². The van der Waals surface area contributed by atoms with Crippen LogP contribution in [-0.4, -0.2) is 33.4 Å². The van der Waals surface area contributed by atoms with Crippen molar-refractivity contribution in [2.75, 3.05) is 6.54 Å². The summed E-state index contributed by atoms with van der Waals surface area (Å²) in [6.07, 6.45) is 3.39. The standard InChI is InChI=1S/C11H12BrN3OS/c12-7-3-4-8(14-6-7)11(16)15-5-1-2-9(15)10(13)17/h3-4,6,9H,1-2,5H2,(H2,13,17). The van der Waals surface area contributed by atoms with E-state index in [2.05, 4.69) is 20.9 Å². The second-order valence-electron chi connectivity index (χ2n) is 3.92. The molecule has 1 amide bonds. The summed E-state index contributed by atoms with van der Waals surface area (Å²) in [6, 6.07) is 3.37. The number of carbonyl (C=O) groups is 1. The molecular weight excluding hydrogens is 302 g/mol. The Morgan fingerprint density at radius 2 is 2.35 bits per heavy atom. The fourth-order valence-electron chi connectivity index (χ4n) is 1.96. The van der Waals surface area contributed by atoms with Crippen molar-refractivity contribution in [1.29, 1.82) is 0 Å². The number of thiocarbonyl (C=S) groups is 1. The molecule has 2 rings (SSSR count). The van der Waals surface area contributed by atoms with E-state index in [-0.39, 0.29) is 11.9 Å². The van der Waals surface area contributed by atoms with Crippen LogP contribution < -0.4 is 5.73 Å². The molecule has 0 spiro atoms. The van der Waals surface area contributed by atoms with E-state index in [1.165, 1.54) is 0 Å². The van der Waals surface area contributed by atoms with Crippen LogP contribution in [0.4, 0.5) is 0 Å². The Kier molecular flexibility index (Phi) is 3.73. The number of nitrogens with two attached hydrogens (primary N) is 1. The highest BCUT2D eigenvalue weighted by Crippen LogP contribution is 2.20. The highest BCUT2D eigenvalue weighted by atomic mass is 79.9. The van der Waals surface area contributed by atoms with Crippen LogP contribution in [0.2, 0.25) is 0 Å². The van der Waals surface area contributed by atoms with Gasteiger partial charge < -0.3 is 10.6 Å². The average molecular weight is 314 g/mol. The number of rotatable bonds is 2. The van der Waals surface area contributed by atoms with Gasteiger partial charge in [0, 0.05) is 17.2 Å². The number of hydrogen-bond donors (Lipinski definition) is 1. The molecule has 1 aliphatic rings. The molecule has 1 aromatic heterocycles. The second kappa shape index (κ2) is 5.10. The van der Waals surface area contributed by atoms with E-state index < -0.39 is 0 Å². The molecule has 1 saturated heterocycles. The van der Waals surface area contributed by atoms with E-state index >= 15 is 0 Å². The smallest absolute Gasteiger partial charge is 0.273 e. The minimum Gasteiger partial charge on any atom is -0.392 e. The molecule has 0 aliphatic carbocycles. The zero-order valence-electron chi connectivity index (χ0n) is 9.10. The lowest BCUT2D eigenvalue weighted by molar-refractivity contribution is 0.0764. The fraction of sp³-hybridized carbons (Fsp3) is 0.364. The summed E-state index contributed by atoms with van der Waals surface area (Å²) in [5.74, 6) is -0.104. The molecule has 6 heteroatoms. The topological polar surface area (TPSA) is 59.2 Å². The predicted octanol–water partition coefficient (Wildman–Crippen LogP) is 1.73. The Morgan fingerprint density at radius 3 is 2.94 bits per heavy atom. The van der Waals surface area contributed by atoms with Crippen molar-refractivity contribution in [2.45, 2.75) is 18.9 Å². The summed E-state index contributed by atoms with van der Waals surface area (Å²) in [4.78, 5) is 18.4. The zero-order valence-corrected chi connectivity index (χ0v) is 11.5. The van der Waals surface area contributed by atoms with Crippen molar-refractivity contribution in [2.24, 2.45) is 5.73 Å². The van der Waals surface area contributed by atoms with E-state index in [1.807, 2.05) is 0 Å². The SMILES string of the molecule is NC(=S)C1CCCN1C(=O)c1ccc(Br)cn1. The highest BCUT2D eigenvalue weighted by molar-refractivity contribution is 9.10. The molecule has 1 atom stereocenters. The van der Waals surface area contributed by atoms with E-state index in [9.17, 15) is 4.79 Å². The quantitative estimate of drug-likeness (QED) is 0.845. The summed E-state index contributed by atoms with van der Waals surface area (Å²) in [5, 5.41) is 0. The second-order valence-corrected chi connectivity index (χ2v) is 5.31. The molecule has 0 bridgehead atoms. The van der Waals surface area contributed by atoms with Crippen LogP contribution in [0, 0.1) is 0 Å². The Hall–Kier alpha value is -1.01. The van der Waals surface area contributed by atoms with Gasteiger partial charge in [-0.25, -0.2) is 4.98 Å². The molecule has 0 radical (unpaired) electrons.